The first kappa shape index (κ1) is 10.1. The first-order valence-corrected chi connectivity index (χ1v) is 5.87. The van der Waals surface area contributed by atoms with Gasteiger partial charge in [-0.1, -0.05) is 42.5 Å². The van der Waals surface area contributed by atoms with Crippen LogP contribution >= 0.6 is 0 Å². The van der Waals surface area contributed by atoms with Crippen LogP contribution in [0.5, 0.6) is 0 Å². The highest BCUT2D eigenvalue weighted by atomic mass is 16.6. The van der Waals surface area contributed by atoms with E-state index in [2.05, 4.69) is 24.3 Å². The average molecular weight is 216 g/mol. The van der Waals surface area contributed by atoms with E-state index in [1.807, 2.05) is 18.2 Å². The molecule has 1 aromatic carbocycles. The van der Waals surface area contributed by atoms with E-state index in [4.69, 9.17) is 9.47 Å². The molecule has 3 atom stereocenters. The molecule has 0 bridgehead atoms. The molecular formula is C14H16O2. The second-order valence-corrected chi connectivity index (χ2v) is 4.49. The molecule has 1 aromatic rings. The fraction of sp³-hybridized carbons (Fsp3) is 0.429. The number of fused-ring (bicyclic) bond motifs is 1. The van der Waals surface area contributed by atoms with Crippen molar-refractivity contribution in [2.24, 2.45) is 5.92 Å². The summed E-state index contributed by atoms with van der Waals surface area (Å²) in [6.45, 7) is 1.51. The van der Waals surface area contributed by atoms with Gasteiger partial charge in [0.1, 0.15) is 6.10 Å². The number of rotatable bonds is 4. The van der Waals surface area contributed by atoms with Crippen molar-refractivity contribution >= 4 is 0 Å². The number of hydrogen-bond donors (Lipinski definition) is 0. The van der Waals surface area contributed by atoms with E-state index >= 15 is 0 Å². The van der Waals surface area contributed by atoms with Crippen LogP contribution in [0.1, 0.15) is 12.0 Å². The Kier molecular flexibility index (Phi) is 2.77. The molecule has 1 heterocycles. The molecule has 3 rings (SSSR count). The highest BCUT2D eigenvalue weighted by molar-refractivity contribution is 5.14. The van der Waals surface area contributed by atoms with Crippen molar-refractivity contribution in [2.75, 3.05) is 6.61 Å². The second kappa shape index (κ2) is 4.40. The normalized spacial score (nSPS) is 31.1. The summed E-state index contributed by atoms with van der Waals surface area (Å²) < 4.78 is 11.3. The van der Waals surface area contributed by atoms with Crippen LogP contribution in [0.2, 0.25) is 0 Å². The van der Waals surface area contributed by atoms with Gasteiger partial charge in [0.15, 0.2) is 0 Å². The molecule has 1 saturated heterocycles. The van der Waals surface area contributed by atoms with Crippen LogP contribution < -0.4 is 0 Å². The van der Waals surface area contributed by atoms with Crippen molar-refractivity contribution in [3.05, 3.63) is 48.0 Å². The van der Waals surface area contributed by atoms with Gasteiger partial charge in [0, 0.05) is 5.92 Å². The number of hydrogen-bond acceptors (Lipinski definition) is 2. The number of benzene rings is 1. The van der Waals surface area contributed by atoms with Gasteiger partial charge in [-0.05, 0) is 12.0 Å². The molecule has 0 unspecified atom stereocenters. The molecule has 1 aliphatic heterocycles. The highest BCUT2D eigenvalue weighted by Crippen LogP contribution is 2.36. The van der Waals surface area contributed by atoms with Gasteiger partial charge in [-0.25, -0.2) is 0 Å². The van der Waals surface area contributed by atoms with Crippen LogP contribution in [0, 0.1) is 5.92 Å². The van der Waals surface area contributed by atoms with Crippen molar-refractivity contribution < 1.29 is 9.47 Å². The van der Waals surface area contributed by atoms with Gasteiger partial charge in [0.05, 0.1) is 19.3 Å². The third-order valence-corrected chi connectivity index (χ3v) is 3.23. The van der Waals surface area contributed by atoms with E-state index in [9.17, 15) is 0 Å². The molecule has 0 N–H and O–H groups in total. The fourth-order valence-electron chi connectivity index (χ4n) is 2.26. The zero-order valence-electron chi connectivity index (χ0n) is 9.21. The maximum absolute atomic E-state index is 5.74. The summed E-state index contributed by atoms with van der Waals surface area (Å²) in [5, 5.41) is 0. The molecule has 1 fully saturated rings. The number of epoxide rings is 1. The quantitative estimate of drug-likeness (QED) is 0.570. The Labute approximate surface area is 95.9 Å². The second-order valence-electron chi connectivity index (χ2n) is 4.49. The molecule has 0 radical (unpaired) electrons. The average Bonchev–Trinajstić information content (AvgIpc) is 3.10. The van der Waals surface area contributed by atoms with Crippen LogP contribution in [-0.4, -0.2) is 18.8 Å². The summed E-state index contributed by atoms with van der Waals surface area (Å²) in [5.74, 6) is 0.554. The lowest BCUT2D eigenvalue weighted by atomic mass is 9.95. The Hall–Kier alpha value is -1.12. The molecule has 0 saturated carbocycles. The van der Waals surface area contributed by atoms with Crippen LogP contribution in [0.3, 0.4) is 0 Å². The molecule has 16 heavy (non-hydrogen) atoms. The van der Waals surface area contributed by atoms with Crippen molar-refractivity contribution in [3.8, 4) is 0 Å². The largest absolute Gasteiger partial charge is 0.376 e. The number of allylic oxidation sites excluding steroid dienone is 1. The van der Waals surface area contributed by atoms with E-state index in [0.717, 1.165) is 13.0 Å². The molecule has 2 nitrogen and oxygen atoms in total. The van der Waals surface area contributed by atoms with Crippen molar-refractivity contribution in [1.29, 1.82) is 0 Å². The Morgan fingerprint density at radius 2 is 2.12 bits per heavy atom. The van der Waals surface area contributed by atoms with Crippen LogP contribution in [0.4, 0.5) is 0 Å². The third-order valence-electron chi connectivity index (χ3n) is 3.23. The lowest BCUT2D eigenvalue weighted by molar-refractivity contribution is 0.0773. The first-order chi connectivity index (χ1) is 7.93. The van der Waals surface area contributed by atoms with Crippen LogP contribution in [0.25, 0.3) is 0 Å². The van der Waals surface area contributed by atoms with Crippen molar-refractivity contribution in [2.45, 2.75) is 25.2 Å². The van der Waals surface area contributed by atoms with Gasteiger partial charge in [0.25, 0.3) is 0 Å². The summed E-state index contributed by atoms with van der Waals surface area (Å²) >= 11 is 0. The fourth-order valence-corrected chi connectivity index (χ4v) is 2.26. The predicted molar refractivity (Wildman–Crippen MR) is 62.0 cm³/mol. The van der Waals surface area contributed by atoms with Gasteiger partial charge in [0.2, 0.25) is 0 Å². The smallest absolute Gasteiger partial charge is 0.103 e. The van der Waals surface area contributed by atoms with Gasteiger partial charge >= 0.3 is 0 Å². The van der Waals surface area contributed by atoms with Crippen molar-refractivity contribution in [1.82, 2.24) is 0 Å². The lowest BCUT2D eigenvalue weighted by Gasteiger charge is -2.14. The third kappa shape index (κ3) is 2.18. The minimum Gasteiger partial charge on any atom is -0.376 e. The van der Waals surface area contributed by atoms with Crippen LogP contribution in [-0.2, 0) is 16.1 Å². The molecular weight excluding hydrogens is 200 g/mol. The Morgan fingerprint density at radius 1 is 1.25 bits per heavy atom. The SMILES string of the molecule is C1=C[C@@H]2O[C@@H]2[C@H](COCc2ccccc2)C1. The summed E-state index contributed by atoms with van der Waals surface area (Å²) in [6.07, 6.45) is 6.29. The zero-order valence-corrected chi connectivity index (χ0v) is 9.21. The molecule has 0 aromatic heterocycles. The van der Waals surface area contributed by atoms with Crippen LogP contribution in [0.15, 0.2) is 42.5 Å². The van der Waals surface area contributed by atoms with Crippen molar-refractivity contribution in [3.63, 3.8) is 0 Å². The first-order valence-electron chi connectivity index (χ1n) is 5.87. The van der Waals surface area contributed by atoms with E-state index in [1.54, 1.807) is 0 Å². The molecule has 1 aliphatic carbocycles. The van der Waals surface area contributed by atoms with E-state index < -0.39 is 0 Å². The minimum absolute atomic E-state index is 0.388. The summed E-state index contributed by atoms with van der Waals surface area (Å²) in [4.78, 5) is 0. The molecule has 0 spiro atoms. The van der Waals surface area contributed by atoms with Gasteiger partial charge in [-0.3, -0.25) is 0 Å². The van der Waals surface area contributed by atoms with Gasteiger partial charge in [-0.15, -0.1) is 0 Å². The Morgan fingerprint density at radius 3 is 3.00 bits per heavy atom. The summed E-state index contributed by atoms with van der Waals surface area (Å²) in [5.41, 5.74) is 1.24. The molecule has 2 heteroatoms. The maximum Gasteiger partial charge on any atom is 0.103 e. The predicted octanol–water partition coefficient (Wildman–Crippen LogP) is 2.55. The topological polar surface area (TPSA) is 21.8 Å². The van der Waals surface area contributed by atoms with E-state index in [-0.39, 0.29) is 0 Å². The monoisotopic (exact) mass is 216 g/mol. The maximum atomic E-state index is 5.74. The number of ether oxygens (including phenoxy) is 2. The zero-order chi connectivity index (χ0) is 10.8. The Balaban J connectivity index is 1.45. The molecule has 2 aliphatic rings. The summed E-state index contributed by atoms with van der Waals surface area (Å²) in [7, 11) is 0. The van der Waals surface area contributed by atoms with E-state index in [0.29, 0.717) is 24.7 Å². The van der Waals surface area contributed by atoms with Gasteiger partial charge < -0.3 is 9.47 Å². The molecule has 0 amide bonds. The molecule has 84 valence electrons. The van der Waals surface area contributed by atoms with Gasteiger partial charge in [-0.2, -0.15) is 0 Å². The van der Waals surface area contributed by atoms with E-state index in [1.165, 1.54) is 5.56 Å². The summed E-state index contributed by atoms with van der Waals surface area (Å²) in [6, 6.07) is 10.3. The lowest BCUT2D eigenvalue weighted by Crippen LogP contribution is -2.18. The highest BCUT2D eigenvalue weighted by Gasteiger charge is 2.44. The standard InChI is InChI=1S/C14H16O2/c1-2-5-11(6-3-1)9-15-10-12-7-4-8-13-14(12)16-13/h1-6,8,12-14H,7,9-10H2/t12-,13-,14+/m0/s1. The minimum atomic E-state index is 0.388. The Bertz CT molecular complexity index is 372.